The highest BCUT2D eigenvalue weighted by Crippen LogP contribution is 2.23. The fourth-order valence-corrected chi connectivity index (χ4v) is 4.08. The van der Waals surface area contributed by atoms with Crippen LogP contribution in [0.4, 0.5) is 15.8 Å². The molecule has 2 unspecified atom stereocenters. The molecule has 1 fully saturated rings. The predicted octanol–water partition coefficient (Wildman–Crippen LogP) is 0.939. The van der Waals surface area contributed by atoms with Crippen molar-refractivity contribution >= 4 is 27.1 Å². The first kappa shape index (κ1) is 15.7. The van der Waals surface area contributed by atoms with Crippen molar-refractivity contribution in [1.82, 2.24) is 0 Å². The van der Waals surface area contributed by atoms with E-state index in [1.165, 1.54) is 6.07 Å². The number of nitrogen functional groups attached to an aromatic ring is 1. The molecule has 0 aromatic heterocycles. The molecule has 6 nitrogen and oxygen atoms in total. The third kappa shape index (κ3) is 3.70. The molecule has 1 heterocycles. The Hall–Kier alpha value is -1.67. The highest BCUT2D eigenvalue weighted by Gasteiger charge is 2.36. The molecular formula is C13H17FN2O4S. The number of ether oxygens (including phenoxy) is 1. The van der Waals surface area contributed by atoms with Crippen LogP contribution in [0.25, 0.3) is 0 Å². The topological polar surface area (TPSA) is 98.5 Å². The summed E-state index contributed by atoms with van der Waals surface area (Å²) in [5, 5.41) is 1.71. The number of hydrogen-bond donors (Lipinski definition) is 2. The maximum absolute atomic E-state index is 12.9. The molecule has 1 saturated heterocycles. The first-order valence-corrected chi connectivity index (χ1v) is 8.19. The molecule has 21 heavy (non-hydrogen) atoms. The van der Waals surface area contributed by atoms with Crippen LogP contribution in [-0.4, -0.2) is 38.0 Å². The number of carbonyl (C=O) groups excluding carboxylic acids is 1. The van der Waals surface area contributed by atoms with E-state index in [1.807, 2.05) is 0 Å². The van der Waals surface area contributed by atoms with E-state index in [0.29, 0.717) is 13.0 Å². The Morgan fingerprint density at radius 2 is 2.24 bits per heavy atom. The smallest absolute Gasteiger partial charge is 0.239 e. The number of benzene rings is 1. The maximum Gasteiger partial charge on any atom is 0.239 e. The fourth-order valence-electron chi connectivity index (χ4n) is 2.31. The van der Waals surface area contributed by atoms with Gasteiger partial charge in [0.1, 0.15) is 11.6 Å². The second-order valence-electron chi connectivity index (χ2n) is 4.99. The average Bonchev–Trinajstić information content (AvgIpc) is 2.79. The lowest BCUT2D eigenvalue weighted by atomic mass is 10.2. The number of rotatable bonds is 4. The molecule has 2 rings (SSSR count). The number of nitrogens with one attached hydrogen (secondary N) is 1. The molecule has 1 aliphatic rings. The minimum atomic E-state index is -3.60. The van der Waals surface area contributed by atoms with Gasteiger partial charge in [0.2, 0.25) is 5.91 Å². The minimum absolute atomic E-state index is 0.0401. The Labute approximate surface area is 122 Å². The van der Waals surface area contributed by atoms with Crippen molar-refractivity contribution in [1.29, 1.82) is 0 Å². The lowest BCUT2D eigenvalue weighted by Gasteiger charge is -2.15. The van der Waals surface area contributed by atoms with Crippen LogP contribution in [0.2, 0.25) is 0 Å². The monoisotopic (exact) mass is 316 g/mol. The van der Waals surface area contributed by atoms with E-state index in [4.69, 9.17) is 10.5 Å². The molecule has 0 spiro atoms. The molecule has 8 heteroatoms. The van der Waals surface area contributed by atoms with Gasteiger partial charge in [-0.1, -0.05) is 0 Å². The van der Waals surface area contributed by atoms with Gasteiger partial charge in [0.05, 0.1) is 22.7 Å². The SMILES string of the molecule is CC1OCCC1S(=O)(=O)CC(=O)Nc1ccc(F)cc1N. The second-order valence-corrected chi connectivity index (χ2v) is 7.21. The van der Waals surface area contributed by atoms with Gasteiger partial charge in [0, 0.05) is 6.61 Å². The van der Waals surface area contributed by atoms with Crippen LogP contribution in [0.3, 0.4) is 0 Å². The van der Waals surface area contributed by atoms with Crippen molar-refractivity contribution in [3.8, 4) is 0 Å². The first-order valence-electron chi connectivity index (χ1n) is 6.47. The van der Waals surface area contributed by atoms with Gasteiger partial charge in [-0.2, -0.15) is 0 Å². The summed E-state index contributed by atoms with van der Waals surface area (Å²) in [6.45, 7) is 2.04. The summed E-state index contributed by atoms with van der Waals surface area (Å²) in [6.07, 6.45) is -0.0335. The molecule has 1 amide bonds. The summed E-state index contributed by atoms with van der Waals surface area (Å²) in [4.78, 5) is 11.8. The molecule has 2 atom stereocenters. The molecule has 1 aromatic carbocycles. The van der Waals surface area contributed by atoms with E-state index in [0.717, 1.165) is 12.1 Å². The third-order valence-electron chi connectivity index (χ3n) is 3.39. The molecule has 0 saturated carbocycles. The van der Waals surface area contributed by atoms with Gasteiger partial charge in [-0.15, -0.1) is 0 Å². The number of nitrogens with two attached hydrogens (primary N) is 1. The van der Waals surface area contributed by atoms with Crippen LogP contribution in [0.1, 0.15) is 13.3 Å². The van der Waals surface area contributed by atoms with Crippen molar-refractivity contribution in [2.45, 2.75) is 24.7 Å². The van der Waals surface area contributed by atoms with E-state index in [9.17, 15) is 17.6 Å². The lowest BCUT2D eigenvalue weighted by molar-refractivity contribution is -0.113. The van der Waals surface area contributed by atoms with Crippen molar-refractivity contribution in [3.63, 3.8) is 0 Å². The van der Waals surface area contributed by atoms with Crippen LogP contribution in [0, 0.1) is 5.82 Å². The zero-order chi connectivity index (χ0) is 15.6. The Balaban J connectivity index is 2.04. The van der Waals surface area contributed by atoms with Crippen molar-refractivity contribution in [3.05, 3.63) is 24.0 Å². The molecule has 1 aromatic rings. The summed E-state index contributed by atoms with van der Waals surface area (Å²) in [5.74, 6) is -1.88. The molecule has 0 bridgehead atoms. The van der Waals surface area contributed by atoms with E-state index in [-0.39, 0.29) is 11.4 Å². The van der Waals surface area contributed by atoms with Crippen molar-refractivity contribution in [2.75, 3.05) is 23.4 Å². The number of sulfone groups is 1. The normalized spacial score (nSPS) is 22.2. The number of anilines is 2. The molecule has 0 aliphatic carbocycles. The van der Waals surface area contributed by atoms with Gasteiger partial charge in [-0.3, -0.25) is 4.79 Å². The Morgan fingerprint density at radius 3 is 2.81 bits per heavy atom. The highest BCUT2D eigenvalue weighted by molar-refractivity contribution is 7.92. The number of carbonyl (C=O) groups is 1. The largest absolute Gasteiger partial charge is 0.397 e. The van der Waals surface area contributed by atoms with E-state index in [1.54, 1.807) is 6.92 Å². The van der Waals surface area contributed by atoms with Crippen LogP contribution >= 0.6 is 0 Å². The van der Waals surface area contributed by atoms with Gasteiger partial charge >= 0.3 is 0 Å². The molecule has 0 radical (unpaired) electrons. The molecule has 1 aliphatic heterocycles. The maximum atomic E-state index is 12.9. The summed E-state index contributed by atoms with van der Waals surface area (Å²) in [6, 6.07) is 3.47. The summed E-state index contributed by atoms with van der Waals surface area (Å²) >= 11 is 0. The summed E-state index contributed by atoms with van der Waals surface area (Å²) < 4.78 is 42.4. The summed E-state index contributed by atoms with van der Waals surface area (Å²) in [7, 11) is -3.60. The number of halogens is 1. The Kier molecular flexibility index (Phi) is 4.48. The van der Waals surface area contributed by atoms with Crippen LogP contribution in [0.15, 0.2) is 18.2 Å². The predicted molar refractivity (Wildman–Crippen MR) is 77.0 cm³/mol. The van der Waals surface area contributed by atoms with Crippen LogP contribution < -0.4 is 11.1 Å². The summed E-state index contributed by atoms with van der Waals surface area (Å²) in [5.41, 5.74) is 5.78. The zero-order valence-corrected chi connectivity index (χ0v) is 12.3. The van der Waals surface area contributed by atoms with E-state index in [2.05, 4.69) is 5.32 Å². The Morgan fingerprint density at radius 1 is 1.52 bits per heavy atom. The lowest BCUT2D eigenvalue weighted by Crippen LogP contribution is -2.34. The second kappa shape index (κ2) is 5.98. The van der Waals surface area contributed by atoms with Gasteiger partial charge in [-0.05, 0) is 31.5 Å². The molecule has 3 N–H and O–H groups in total. The Bertz CT molecular complexity index is 648. The first-order chi connectivity index (χ1) is 9.79. The average molecular weight is 316 g/mol. The third-order valence-corrected chi connectivity index (χ3v) is 5.59. The number of amides is 1. The number of hydrogen-bond acceptors (Lipinski definition) is 5. The molecular weight excluding hydrogens is 299 g/mol. The van der Waals surface area contributed by atoms with Gasteiger partial charge < -0.3 is 15.8 Å². The van der Waals surface area contributed by atoms with Crippen molar-refractivity contribution in [2.24, 2.45) is 0 Å². The van der Waals surface area contributed by atoms with Gasteiger partial charge in [0.25, 0.3) is 0 Å². The van der Waals surface area contributed by atoms with E-state index >= 15 is 0 Å². The van der Waals surface area contributed by atoms with Gasteiger partial charge in [0.15, 0.2) is 9.84 Å². The van der Waals surface area contributed by atoms with Crippen LogP contribution in [-0.2, 0) is 19.4 Å². The minimum Gasteiger partial charge on any atom is -0.397 e. The highest BCUT2D eigenvalue weighted by atomic mass is 32.2. The molecule has 116 valence electrons. The standard InChI is InChI=1S/C13H17FN2O4S/c1-8-12(4-5-20-8)21(18,19)7-13(17)16-11-3-2-9(14)6-10(11)15/h2-3,6,8,12H,4-5,7,15H2,1H3,(H,16,17). The van der Waals surface area contributed by atoms with Crippen molar-refractivity contribution < 1.29 is 22.3 Å². The zero-order valence-electron chi connectivity index (χ0n) is 11.5. The van der Waals surface area contributed by atoms with Crippen LogP contribution in [0.5, 0.6) is 0 Å². The van der Waals surface area contributed by atoms with Gasteiger partial charge in [-0.25, -0.2) is 12.8 Å². The quantitative estimate of drug-likeness (QED) is 0.806. The fraction of sp³-hybridized carbons (Fsp3) is 0.462. The van der Waals surface area contributed by atoms with E-state index < -0.39 is 38.7 Å².